The molecule has 142 valence electrons. The first-order valence-corrected chi connectivity index (χ1v) is 11.5. The first kappa shape index (κ1) is 18.5. The Labute approximate surface area is 162 Å². The van der Waals surface area contributed by atoms with Gasteiger partial charge in [0, 0.05) is 23.8 Å². The number of thioether (sulfide) groups is 1. The van der Waals surface area contributed by atoms with E-state index < -0.39 is 0 Å². The van der Waals surface area contributed by atoms with Crippen molar-refractivity contribution in [2.75, 3.05) is 25.6 Å². The van der Waals surface area contributed by atoms with Gasteiger partial charge in [-0.2, -0.15) is 0 Å². The smallest absolute Gasteiger partial charge is 0.263 e. The lowest BCUT2D eigenvalue weighted by atomic mass is 9.97. The Morgan fingerprint density at radius 3 is 3.04 bits per heavy atom. The molecule has 1 saturated heterocycles. The van der Waals surface area contributed by atoms with Gasteiger partial charge < -0.3 is 9.47 Å². The zero-order valence-corrected chi connectivity index (χ0v) is 16.9. The molecule has 1 atom stereocenters. The van der Waals surface area contributed by atoms with Crippen LogP contribution in [0.1, 0.15) is 43.0 Å². The van der Waals surface area contributed by atoms with E-state index >= 15 is 0 Å². The third kappa shape index (κ3) is 3.72. The summed E-state index contributed by atoms with van der Waals surface area (Å²) in [4.78, 5) is 20.6. The molecule has 2 aromatic heterocycles. The summed E-state index contributed by atoms with van der Waals surface area (Å²) in [7, 11) is 0. The highest BCUT2D eigenvalue weighted by atomic mass is 32.2. The summed E-state index contributed by atoms with van der Waals surface area (Å²) in [6.07, 6.45) is 6.74. The molecule has 1 fully saturated rings. The standard InChI is InChI=1S/C19H26N2O3S2/c1-2-23-10-11-25-19-20-17-16(14-7-3-4-8-15(14)26-17)18(22)21(19)12-13-6-5-9-24-13/h13H,2-12H2,1H3. The molecule has 2 aliphatic rings. The Balaban J connectivity index is 1.72. The van der Waals surface area contributed by atoms with E-state index in [4.69, 9.17) is 14.5 Å². The van der Waals surface area contributed by atoms with Crippen LogP contribution in [0.4, 0.5) is 0 Å². The second kappa shape index (κ2) is 8.42. The summed E-state index contributed by atoms with van der Waals surface area (Å²) in [5.74, 6) is 0.808. The lowest BCUT2D eigenvalue weighted by Crippen LogP contribution is -2.29. The van der Waals surface area contributed by atoms with Crippen molar-refractivity contribution in [3.05, 3.63) is 20.8 Å². The molecule has 0 aromatic carbocycles. The van der Waals surface area contributed by atoms with E-state index in [1.807, 2.05) is 11.5 Å². The van der Waals surface area contributed by atoms with Gasteiger partial charge in [-0.05, 0) is 51.0 Å². The van der Waals surface area contributed by atoms with E-state index in [1.165, 1.54) is 23.3 Å². The third-order valence-corrected chi connectivity index (χ3v) is 7.24. The predicted molar refractivity (Wildman–Crippen MR) is 107 cm³/mol. The van der Waals surface area contributed by atoms with Crippen LogP contribution in [0.5, 0.6) is 0 Å². The molecule has 0 spiro atoms. The maximum absolute atomic E-state index is 13.4. The third-order valence-electron chi connectivity index (χ3n) is 5.11. The van der Waals surface area contributed by atoms with Gasteiger partial charge in [-0.1, -0.05) is 11.8 Å². The summed E-state index contributed by atoms with van der Waals surface area (Å²) in [6.45, 7) is 4.81. The van der Waals surface area contributed by atoms with Crippen molar-refractivity contribution >= 4 is 33.3 Å². The van der Waals surface area contributed by atoms with Crippen LogP contribution in [0.15, 0.2) is 9.95 Å². The minimum atomic E-state index is 0.129. The van der Waals surface area contributed by atoms with Crippen molar-refractivity contribution in [1.29, 1.82) is 0 Å². The van der Waals surface area contributed by atoms with Gasteiger partial charge in [-0.15, -0.1) is 11.3 Å². The lowest BCUT2D eigenvalue weighted by molar-refractivity contribution is 0.0937. The predicted octanol–water partition coefficient (Wildman–Crippen LogP) is 3.64. The Hall–Kier alpha value is -0.890. The van der Waals surface area contributed by atoms with Crippen LogP contribution in [-0.2, 0) is 28.9 Å². The van der Waals surface area contributed by atoms with Crippen LogP contribution in [0.2, 0.25) is 0 Å². The maximum atomic E-state index is 13.4. The summed E-state index contributed by atoms with van der Waals surface area (Å²) in [5, 5.41) is 1.69. The monoisotopic (exact) mass is 394 g/mol. The summed E-state index contributed by atoms with van der Waals surface area (Å²) < 4.78 is 13.1. The minimum Gasteiger partial charge on any atom is -0.381 e. The number of hydrogen-bond acceptors (Lipinski definition) is 6. The summed E-state index contributed by atoms with van der Waals surface area (Å²) in [6, 6.07) is 0. The fourth-order valence-electron chi connectivity index (χ4n) is 3.82. The van der Waals surface area contributed by atoms with Crippen molar-refractivity contribution in [2.24, 2.45) is 0 Å². The van der Waals surface area contributed by atoms with Gasteiger partial charge in [0.2, 0.25) is 0 Å². The van der Waals surface area contributed by atoms with Gasteiger partial charge >= 0.3 is 0 Å². The van der Waals surface area contributed by atoms with E-state index in [0.717, 1.165) is 53.4 Å². The fourth-order valence-corrected chi connectivity index (χ4v) is 5.98. The number of aromatic nitrogens is 2. The number of aryl methyl sites for hydroxylation is 2. The molecular weight excluding hydrogens is 368 g/mol. The number of nitrogens with zero attached hydrogens (tertiary/aromatic N) is 2. The fraction of sp³-hybridized carbons (Fsp3) is 0.684. The topological polar surface area (TPSA) is 53.3 Å². The molecule has 0 bridgehead atoms. The zero-order valence-electron chi connectivity index (χ0n) is 15.3. The normalized spacial score (nSPS) is 20.0. The van der Waals surface area contributed by atoms with Crippen molar-refractivity contribution in [3.63, 3.8) is 0 Å². The Kier molecular flexibility index (Phi) is 5.98. The average molecular weight is 395 g/mol. The molecule has 0 radical (unpaired) electrons. The van der Waals surface area contributed by atoms with E-state index in [1.54, 1.807) is 23.1 Å². The van der Waals surface area contributed by atoms with Crippen molar-refractivity contribution < 1.29 is 9.47 Å². The van der Waals surface area contributed by atoms with Crippen LogP contribution in [0.25, 0.3) is 10.2 Å². The van der Waals surface area contributed by atoms with Gasteiger partial charge in [-0.3, -0.25) is 9.36 Å². The highest BCUT2D eigenvalue weighted by Crippen LogP contribution is 2.34. The number of thiophene rings is 1. The van der Waals surface area contributed by atoms with Crippen LogP contribution < -0.4 is 5.56 Å². The van der Waals surface area contributed by atoms with Crippen LogP contribution in [0.3, 0.4) is 0 Å². The molecule has 1 aliphatic heterocycles. The van der Waals surface area contributed by atoms with Gasteiger partial charge in [0.15, 0.2) is 5.16 Å². The molecule has 1 unspecified atom stereocenters. The minimum absolute atomic E-state index is 0.129. The van der Waals surface area contributed by atoms with Crippen LogP contribution in [0, 0.1) is 0 Å². The molecule has 0 N–H and O–H groups in total. The van der Waals surface area contributed by atoms with Gasteiger partial charge in [0.25, 0.3) is 5.56 Å². The molecular formula is C19H26N2O3S2. The molecule has 26 heavy (non-hydrogen) atoms. The first-order chi connectivity index (χ1) is 12.8. The highest BCUT2D eigenvalue weighted by molar-refractivity contribution is 7.99. The summed E-state index contributed by atoms with van der Waals surface area (Å²) >= 11 is 3.35. The molecule has 5 nitrogen and oxygen atoms in total. The zero-order chi connectivity index (χ0) is 17.9. The van der Waals surface area contributed by atoms with Crippen molar-refractivity contribution in [1.82, 2.24) is 9.55 Å². The Morgan fingerprint density at radius 2 is 2.23 bits per heavy atom. The highest BCUT2D eigenvalue weighted by Gasteiger charge is 2.24. The van der Waals surface area contributed by atoms with Crippen LogP contribution >= 0.6 is 23.1 Å². The molecule has 2 aromatic rings. The second-order valence-corrected chi connectivity index (χ2v) is 9.03. The molecule has 7 heteroatoms. The quantitative estimate of drug-likeness (QED) is 0.408. The molecule has 0 amide bonds. The number of fused-ring (bicyclic) bond motifs is 3. The van der Waals surface area contributed by atoms with E-state index in [-0.39, 0.29) is 11.7 Å². The van der Waals surface area contributed by atoms with E-state index in [2.05, 4.69) is 0 Å². The van der Waals surface area contributed by atoms with E-state index in [0.29, 0.717) is 19.8 Å². The molecule has 3 heterocycles. The average Bonchev–Trinajstić information content (AvgIpc) is 3.28. The summed E-state index contributed by atoms with van der Waals surface area (Å²) in [5.41, 5.74) is 1.39. The van der Waals surface area contributed by atoms with Gasteiger partial charge in [0.05, 0.1) is 24.6 Å². The Bertz CT molecular complexity index is 824. The first-order valence-electron chi connectivity index (χ1n) is 9.65. The SMILES string of the molecule is CCOCCSc1nc2sc3c(c2c(=O)n1CC1CCCO1)CCCC3. The lowest BCUT2D eigenvalue weighted by Gasteiger charge is -2.16. The van der Waals surface area contributed by atoms with E-state index in [9.17, 15) is 4.79 Å². The van der Waals surface area contributed by atoms with Gasteiger partial charge in [0.1, 0.15) is 4.83 Å². The molecule has 1 aliphatic carbocycles. The molecule has 0 saturated carbocycles. The Morgan fingerprint density at radius 1 is 1.35 bits per heavy atom. The van der Waals surface area contributed by atoms with Crippen LogP contribution in [-0.4, -0.2) is 41.2 Å². The number of ether oxygens (including phenoxy) is 2. The number of rotatable bonds is 7. The molecule has 4 rings (SSSR count). The second-order valence-electron chi connectivity index (χ2n) is 6.88. The number of hydrogen-bond donors (Lipinski definition) is 0. The van der Waals surface area contributed by atoms with Crippen molar-refractivity contribution in [3.8, 4) is 0 Å². The van der Waals surface area contributed by atoms with Gasteiger partial charge in [-0.25, -0.2) is 4.98 Å². The van der Waals surface area contributed by atoms with Crippen molar-refractivity contribution in [2.45, 2.75) is 63.3 Å². The maximum Gasteiger partial charge on any atom is 0.263 e. The largest absolute Gasteiger partial charge is 0.381 e.